The van der Waals surface area contributed by atoms with E-state index in [4.69, 9.17) is 16.2 Å². The van der Waals surface area contributed by atoms with E-state index in [0.29, 0.717) is 25.1 Å². The number of carbonyl (C=O) groups is 3. The molecule has 40 heavy (non-hydrogen) atoms. The van der Waals surface area contributed by atoms with Gasteiger partial charge in [-0.25, -0.2) is 9.78 Å². The maximum absolute atomic E-state index is 13.5. The average molecular weight is 544 g/mol. The highest BCUT2D eigenvalue weighted by Crippen LogP contribution is 2.19. The molecule has 1 saturated heterocycles. The van der Waals surface area contributed by atoms with E-state index in [0.717, 1.165) is 22.4 Å². The Labute approximate surface area is 235 Å². The van der Waals surface area contributed by atoms with Crippen LogP contribution < -0.4 is 11.5 Å². The lowest BCUT2D eigenvalue weighted by Crippen LogP contribution is -2.62. The summed E-state index contributed by atoms with van der Waals surface area (Å²) < 4.78 is 5.51. The van der Waals surface area contributed by atoms with Crippen LogP contribution in [0.1, 0.15) is 35.2 Å². The molecule has 1 fully saturated rings. The number of rotatable bonds is 10. The zero-order chi connectivity index (χ0) is 28.5. The predicted molar refractivity (Wildman–Crippen MR) is 153 cm³/mol. The number of nitrogen functional groups attached to an aromatic ring is 1. The molecule has 2 atom stereocenters. The van der Waals surface area contributed by atoms with Gasteiger partial charge < -0.3 is 26.0 Å². The first-order valence-corrected chi connectivity index (χ1v) is 13.6. The fourth-order valence-corrected chi connectivity index (χ4v) is 4.95. The zero-order valence-electron chi connectivity index (χ0n) is 22.9. The Morgan fingerprint density at radius 2 is 1.62 bits per heavy atom. The molecule has 9 nitrogen and oxygen atoms in total. The fourth-order valence-electron chi connectivity index (χ4n) is 4.95. The summed E-state index contributed by atoms with van der Waals surface area (Å²) in [5, 5.41) is 0. The van der Waals surface area contributed by atoms with Crippen molar-refractivity contribution in [2.75, 3.05) is 25.4 Å². The van der Waals surface area contributed by atoms with Crippen LogP contribution in [0.15, 0.2) is 72.8 Å². The van der Waals surface area contributed by atoms with Crippen molar-refractivity contribution in [1.82, 2.24) is 14.8 Å². The number of benzene rings is 2. The highest BCUT2D eigenvalue weighted by atomic mass is 16.6. The first-order chi connectivity index (χ1) is 19.3. The second-order valence-corrected chi connectivity index (χ2v) is 10.2. The van der Waals surface area contributed by atoms with Crippen LogP contribution in [0.3, 0.4) is 0 Å². The van der Waals surface area contributed by atoms with Gasteiger partial charge in [0.25, 0.3) is 0 Å². The standard InChI is InChI=1S/C31H37N5O4/c1-22-18-25(19-29(33)34-22)13-15-28(37)27-20-35(31(39)40-21-24-10-6-3-7-11-24)16-17-36(27)30(38)26(32)14-12-23-8-4-2-5-9-23/h2-11,18-19,26-27H,12-17,20-21,32H2,1H3,(H2,33,34)/t26-,27+/m1/s1. The van der Waals surface area contributed by atoms with Gasteiger partial charge in [-0.1, -0.05) is 60.7 Å². The topological polar surface area (TPSA) is 132 Å². The number of piperazine rings is 1. The summed E-state index contributed by atoms with van der Waals surface area (Å²) >= 11 is 0. The molecule has 2 heterocycles. The van der Waals surface area contributed by atoms with Gasteiger partial charge in [0.1, 0.15) is 18.5 Å². The first kappa shape index (κ1) is 28.8. The van der Waals surface area contributed by atoms with Crippen LogP contribution in [0.2, 0.25) is 0 Å². The monoisotopic (exact) mass is 543 g/mol. The maximum Gasteiger partial charge on any atom is 0.410 e. The second kappa shape index (κ2) is 13.7. The Balaban J connectivity index is 1.43. The minimum atomic E-state index is -0.811. The molecule has 0 aliphatic carbocycles. The van der Waals surface area contributed by atoms with Crippen molar-refractivity contribution in [3.05, 3.63) is 95.2 Å². The van der Waals surface area contributed by atoms with Crippen molar-refractivity contribution in [2.24, 2.45) is 5.73 Å². The number of hydrogen-bond donors (Lipinski definition) is 2. The van der Waals surface area contributed by atoms with Crippen LogP contribution in [0.5, 0.6) is 0 Å². The minimum absolute atomic E-state index is 0.0567. The van der Waals surface area contributed by atoms with Gasteiger partial charge in [0.05, 0.1) is 12.6 Å². The van der Waals surface area contributed by atoms with E-state index >= 15 is 0 Å². The average Bonchev–Trinajstić information content (AvgIpc) is 2.97. The van der Waals surface area contributed by atoms with E-state index in [1.165, 1.54) is 4.90 Å². The highest BCUT2D eigenvalue weighted by molar-refractivity contribution is 5.92. The lowest BCUT2D eigenvalue weighted by atomic mass is 9.98. The van der Waals surface area contributed by atoms with Crippen LogP contribution in [0.25, 0.3) is 0 Å². The Morgan fingerprint density at radius 3 is 2.30 bits per heavy atom. The molecule has 0 radical (unpaired) electrons. The van der Waals surface area contributed by atoms with Crippen molar-refractivity contribution in [1.29, 1.82) is 0 Å². The van der Waals surface area contributed by atoms with Crippen LogP contribution in [-0.2, 0) is 33.8 Å². The third-order valence-corrected chi connectivity index (χ3v) is 7.10. The molecule has 0 unspecified atom stereocenters. The molecule has 0 saturated carbocycles. The second-order valence-electron chi connectivity index (χ2n) is 10.2. The number of nitrogens with two attached hydrogens (primary N) is 2. The normalized spacial score (nSPS) is 15.9. The van der Waals surface area contributed by atoms with Crippen molar-refractivity contribution in [3.8, 4) is 0 Å². The van der Waals surface area contributed by atoms with E-state index in [1.54, 1.807) is 11.0 Å². The number of aromatic nitrogens is 1. The van der Waals surface area contributed by atoms with E-state index < -0.39 is 18.2 Å². The molecule has 3 aromatic rings. The zero-order valence-corrected chi connectivity index (χ0v) is 22.9. The predicted octanol–water partition coefficient (Wildman–Crippen LogP) is 3.28. The molecule has 2 amide bonds. The molecule has 0 spiro atoms. The van der Waals surface area contributed by atoms with Crippen LogP contribution in [0, 0.1) is 6.92 Å². The van der Waals surface area contributed by atoms with Gasteiger partial charge >= 0.3 is 6.09 Å². The number of carbonyl (C=O) groups excluding carboxylic acids is 3. The number of Topliss-reactive ketones (excluding diaryl/α,β-unsaturated/α-hetero) is 1. The lowest BCUT2D eigenvalue weighted by Gasteiger charge is -2.41. The third kappa shape index (κ3) is 7.89. The van der Waals surface area contributed by atoms with Gasteiger partial charge in [-0.05, 0) is 55.0 Å². The summed E-state index contributed by atoms with van der Waals surface area (Å²) in [5.41, 5.74) is 15.8. The number of amides is 2. The number of ketones is 1. The Bertz CT molecular complexity index is 1280. The largest absolute Gasteiger partial charge is 0.445 e. The summed E-state index contributed by atoms with van der Waals surface area (Å²) in [4.78, 5) is 47.2. The fraction of sp³-hybridized carbons (Fsp3) is 0.355. The van der Waals surface area contributed by atoms with Crippen molar-refractivity contribution in [2.45, 2.75) is 51.3 Å². The van der Waals surface area contributed by atoms with Crippen LogP contribution >= 0.6 is 0 Å². The molecule has 1 aromatic heterocycles. The van der Waals surface area contributed by atoms with Gasteiger partial charge in [0, 0.05) is 25.2 Å². The molecule has 2 aromatic carbocycles. The first-order valence-electron chi connectivity index (χ1n) is 13.6. The molecule has 9 heteroatoms. The molecule has 210 valence electrons. The maximum atomic E-state index is 13.5. The summed E-state index contributed by atoms with van der Waals surface area (Å²) in [6.07, 6.45) is 1.23. The summed E-state index contributed by atoms with van der Waals surface area (Å²) in [5.74, 6) is -0.0264. The third-order valence-electron chi connectivity index (χ3n) is 7.10. The molecule has 4 rings (SSSR count). The molecule has 1 aliphatic rings. The number of nitrogens with zero attached hydrogens (tertiary/aromatic N) is 3. The van der Waals surface area contributed by atoms with E-state index in [-0.39, 0.29) is 44.4 Å². The van der Waals surface area contributed by atoms with E-state index in [9.17, 15) is 14.4 Å². The van der Waals surface area contributed by atoms with Gasteiger partial charge in [0.2, 0.25) is 5.91 Å². The molecule has 4 N–H and O–H groups in total. The van der Waals surface area contributed by atoms with Gasteiger partial charge in [-0.2, -0.15) is 0 Å². The SMILES string of the molecule is Cc1cc(CCC(=O)[C@@H]2CN(C(=O)OCc3ccccc3)CCN2C(=O)[C@H](N)CCc2ccccc2)cc(N)n1. The summed E-state index contributed by atoms with van der Waals surface area (Å²) in [7, 11) is 0. The van der Waals surface area contributed by atoms with Crippen molar-refractivity contribution < 1.29 is 19.1 Å². The smallest absolute Gasteiger partial charge is 0.410 e. The van der Waals surface area contributed by atoms with Crippen LogP contribution in [-0.4, -0.2) is 64.3 Å². The van der Waals surface area contributed by atoms with Crippen molar-refractivity contribution >= 4 is 23.6 Å². The number of pyridine rings is 1. The number of aryl methyl sites for hydroxylation is 3. The molecular formula is C31H37N5O4. The molecule has 0 bridgehead atoms. The molecule has 1 aliphatic heterocycles. The lowest BCUT2D eigenvalue weighted by molar-refractivity contribution is -0.143. The van der Waals surface area contributed by atoms with Gasteiger partial charge in [-0.3, -0.25) is 9.59 Å². The Kier molecular flexibility index (Phi) is 9.86. The van der Waals surface area contributed by atoms with E-state index in [1.807, 2.05) is 73.7 Å². The number of hydrogen-bond acceptors (Lipinski definition) is 7. The number of ether oxygens (including phenoxy) is 1. The summed E-state index contributed by atoms with van der Waals surface area (Å²) in [6, 6.07) is 21.3. The Hall–Kier alpha value is -4.24. The highest BCUT2D eigenvalue weighted by Gasteiger charge is 2.38. The van der Waals surface area contributed by atoms with Gasteiger partial charge in [0.15, 0.2) is 5.78 Å². The quantitative estimate of drug-likeness (QED) is 0.401. The molecular weight excluding hydrogens is 506 g/mol. The Morgan fingerprint density at radius 1 is 0.950 bits per heavy atom. The van der Waals surface area contributed by atoms with Crippen LogP contribution in [0.4, 0.5) is 10.6 Å². The summed E-state index contributed by atoms with van der Waals surface area (Å²) in [6.45, 7) is 2.50. The van der Waals surface area contributed by atoms with E-state index in [2.05, 4.69) is 4.98 Å². The number of anilines is 1. The van der Waals surface area contributed by atoms with Gasteiger partial charge in [-0.15, -0.1) is 0 Å². The minimum Gasteiger partial charge on any atom is -0.445 e. The van der Waals surface area contributed by atoms with Crippen molar-refractivity contribution in [3.63, 3.8) is 0 Å².